The summed E-state index contributed by atoms with van der Waals surface area (Å²) in [6, 6.07) is 9.92. The summed E-state index contributed by atoms with van der Waals surface area (Å²) in [5, 5.41) is 3.00. The van der Waals surface area contributed by atoms with Crippen molar-refractivity contribution in [2.75, 3.05) is 51.2 Å². The molecule has 138 valence electrons. The van der Waals surface area contributed by atoms with Crippen LogP contribution in [0, 0.1) is 0 Å². The summed E-state index contributed by atoms with van der Waals surface area (Å²) in [5.41, 5.74) is 0.843. The Morgan fingerprint density at radius 2 is 1.76 bits per heavy atom. The van der Waals surface area contributed by atoms with Gasteiger partial charge in [0.05, 0.1) is 32.7 Å². The van der Waals surface area contributed by atoms with Crippen molar-refractivity contribution in [2.24, 2.45) is 0 Å². The van der Waals surface area contributed by atoms with Crippen LogP contribution in [-0.2, 0) is 9.59 Å². The van der Waals surface area contributed by atoms with E-state index in [1.807, 2.05) is 68.0 Å². The van der Waals surface area contributed by atoms with Gasteiger partial charge in [0.1, 0.15) is 0 Å². The second-order valence-corrected chi connectivity index (χ2v) is 7.80. The van der Waals surface area contributed by atoms with Crippen LogP contribution in [0.3, 0.4) is 0 Å². The number of para-hydroxylation sites is 1. The molecule has 6 nitrogen and oxygen atoms in total. The van der Waals surface area contributed by atoms with Crippen molar-refractivity contribution in [3.05, 3.63) is 30.3 Å². The van der Waals surface area contributed by atoms with Crippen LogP contribution in [0.25, 0.3) is 0 Å². The molecule has 1 saturated heterocycles. The standard InChI is InChI=1S/C19H30N4O2/c1-19(2,3)20-17(24)14-22-10-12-23(13-11-22)18(25)15-21(4)16-8-6-5-7-9-16/h5-9H,10-15H2,1-4H3,(H,20,24)/p+1. The molecule has 0 atom stereocenters. The lowest BCUT2D eigenvalue weighted by atomic mass is 10.1. The number of quaternary nitrogens is 1. The maximum absolute atomic E-state index is 12.5. The van der Waals surface area contributed by atoms with Crippen LogP contribution in [0.15, 0.2) is 30.3 Å². The number of carbonyl (C=O) groups is 2. The Kier molecular flexibility index (Phi) is 6.42. The molecule has 0 bridgehead atoms. The van der Waals surface area contributed by atoms with Gasteiger partial charge in [0.25, 0.3) is 5.91 Å². The molecule has 25 heavy (non-hydrogen) atoms. The van der Waals surface area contributed by atoms with Gasteiger partial charge in [0.2, 0.25) is 5.91 Å². The summed E-state index contributed by atoms with van der Waals surface area (Å²) in [5.74, 6) is 0.218. The van der Waals surface area contributed by atoms with E-state index in [0.29, 0.717) is 26.2 Å². The van der Waals surface area contributed by atoms with E-state index in [4.69, 9.17) is 0 Å². The zero-order valence-corrected chi connectivity index (χ0v) is 15.8. The average molecular weight is 347 g/mol. The van der Waals surface area contributed by atoms with Crippen molar-refractivity contribution in [1.29, 1.82) is 0 Å². The van der Waals surface area contributed by atoms with Crippen molar-refractivity contribution in [1.82, 2.24) is 10.2 Å². The Morgan fingerprint density at radius 1 is 1.16 bits per heavy atom. The number of likely N-dealkylation sites (N-methyl/N-ethyl adjacent to an activating group) is 1. The van der Waals surface area contributed by atoms with Gasteiger partial charge in [-0.15, -0.1) is 0 Å². The van der Waals surface area contributed by atoms with Crippen LogP contribution in [0.2, 0.25) is 0 Å². The van der Waals surface area contributed by atoms with Crippen LogP contribution in [0.4, 0.5) is 5.69 Å². The lowest BCUT2D eigenvalue weighted by Gasteiger charge is -2.33. The minimum absolute atomic E-state index is 0.0751. The number of benzene rings is 1. The zero-order valence-electron chi connectivity index (χ0n) is 15.8. The molecule has 0 spiro atoms. The summed E-state index contributed by atoms with van der Waals surface area (Å²) in [7, 11) is 1.94. The minimum Gasteiger partial charge on any atom is -0.365 e. The van der Waals surface area contributed by atoms with E-state index >= 15 is 0 Å². The number of carbonyl (C=O) groups excluding carboxylic acids is 2. The first-order valence-corrected chi connectivity index (χ1v) is 8.93. The summed E-state index contributed by atoms with van der Waals surface area (Å²) in [6.45, 7) is 9.86. The van der Waals surface area contributed by atoms with Crippen molar-refractivity contribution in [3.8, 4) is 0 Å². The lowest BCUT2D eigenvalue weighted by Crippen LogP contribution is -3.16. The first kappa shape index (κ1) is 19.2. The Morgan fingerprint density at radius 3 is 2.32 bits per heavy atom. The lowest BCUT2D eigenvalue weighted by molar-refractivity contribution is -0.896. The first-order valence-electron chi connectivity index (χ1n) is 8.93. The SMILES string of the molecule is CN(CC(=O)N1CC[NH+](CC(=O)NC(C)(C)C)CC1)c1ccccc1. The summed E-state index contributed by atoms with van der Waals surface area (Å²) >= 11 is 0. The fraction of sp³-hybridized carbons (Fsp3) is 0.579. The molecule has 0 aliphatic carbocycles. The third kappa shape index (κ3) is 6.38. The third-order valence-corrected chi connectivity index (χ3v) is 4.32. The highest BCUT2D eigenvalue weighted by Crippen LogP contribution is 2.10. The van der Waals surface area contributed by atoms with Gasteiger partial charge in [-0.05, 0) is 32.9 Å². The van der Waals surface area contributed by atoms with Crippen LogP contribution >= 0.6 is 0 Å². The monoisotopic (exact) mass is 347 g/mol. The highest BCUT2D eigenvalue weighted by molar-refractivity contribution is 5.81. The van der Waals surface area contributed by atoms with Gasteiger partial charge >= 0.3 is 0 Å². The van der Waals surface area contributed by atoms with Gasteiger partial charge in [-0.1, -0.05) is 18.2 Å². The summed E-state index contributed by atoms with van der Waals surface area (Å²) in [4.78, 5) is 29.6. The van der Waals surface area contributed by atoms with Gasteiger partial charge in [-0.2, -0.15) is 0 Å². The molecule has 1 aliphatic rings. The predicted octanol–water partition coefficient (Wildman–Crippen LogP) is -0.235. The number of nitrogens with zero attached hydrogens (tertiary/aromatic N) is 2. The Hall–Kier alpha value is -2.08. The molecule has 0 aromatic heterocycles. The van der Waals surface area contributed by atoms with Crippen LogP contribution in [0.5, 0.6) is 0 Å². The Bertz CT molecular complexity index is 575. The molecular weight excluding hydrogens is 316 g/mol. The number of amides is 2. The number of piperazine rings is 1. The van der Waals surface area contributed by atoms with Crippen LogP contribution in [-0.4, -0.2) is 68.6 Å². The van der Waals surface area contributed by atoms with E-state index in [-0.39, 0.29) is 17.4 Å². The zero-order chi connectivity index (χ0) is 18.4. The van der Waals surface area contributed by atoms with E-state index < -0.39 is 0 Å². The maximum atomic E-state index is 12.5. The number of hydrogen-bond donors (Lipinski definition) is 2. The van der Waals surface area contributed by atoms with E-state index in [1.54, 1.807) is 0 Å². The minimum atomic E-state index is -0.198. The van der Waals surface area contributed by atoms with Crippen molar-refractivity contribution >= 4 is 17.5 Å². The first-order chi connectivity index (χ1) is 11.7. The molecule has 2 rings (SSSR count). The highest BCUT2D eigenvalue weighted by atomic mass is 16.2. The van der Waals surface area contributed by atoms with E-state index in [1.165, 1.54) is 4.90 Å². The molecule has 6 heteroatoms. The molecule has 1 aromatic carbocycles. The number of rotatable bonds is 5. The third-order valence-electron chi connectivity index (χ3n) is 4.32. The van der Waals surface area contributed by atoms with Crippen molar-refractivity contribution < 1.29 is 14.5 Å². The molecule has 1 aromatic rings. The van der Waals surface area contributed by atoms with Gasteiger partial charge in [-0.25, -0.2) is 0 Å². The molecule has 2 amide bonds. The smallest absolute Gasteiger partial charge is 0.275 e. The van der Waals surface area contributed by atoms with Crippen LogP contribution in [0.1, 0.15) is 20.8 Å². The molecule has 0 saturated carbocycles. The normalized spacial score (nSPS) is 15.8. The second kappa shape index (κ2) is 8.34. The molecule has 1 fully saturated rings. The number of hydrogen-bond acceptors (Lipinski definition) is 3. The second-order valence-electron chi connectivity index (χ2n) is 7.80. The van der Waals surface area contributed by atoms with Crippen molar-refractivity contribution in [2.45, 2.75) is 26.3 Å². The largest absolute Gasteiger partial charge is 0.365 e. The summed E-state index contributed by atoms with van der Waals surface area (Å²) < 4.78 is 0. The molecule has 1 aliphatic heterocycles. The molecule has 1 heterocycles. The van der Waals surface area contributed by atoms with E-state index in [0.717, 1.165) is 18.8 Å². The predicted molar refractivity (Wildman–Crippen MR) is 99.8 cm³/mol. The quantitative estimate of drug-likeness (QED) is 0.773. The molecule has 0 radical (unpaired) electrons. The number of nitrogens with one attached hydrogen (secondary N) is 2. The molecule has 0 unspecified atom stereocenters. The van der Waals surface area contributed by atoms with Gasteiger partial charge < -0.3 is 20.0 Å². The van der Waals surface area contributed by atoms with Gasteiger partial charge in [0, 0.05) is 18.3 Å². The fourth-order valence-corrected chi connectivity index (χ4v) is 3.02. The van der Waals surface area contributed by atoms with Crippen LogP contribution < -0.4 is 15.1 Å². The van der Waals surface area contributed by atoms with E-state index in [2.05, 4.69) is 5.32 Å². The maximum Gasteiger partial charge on any atom is 0.275 e. The topological polar surface area (TPSA) is 57.1 Å². The molecule has 2 N–H and O–H groups in total. The summed E-state index contributed by atoms with van der Waals surface area (Å²) in [6.07, 6.45) is 0. The Labute approximate surface area is 150 Å². The van der Waals surface area contributed by atoms with Crippen molar-refractivity contribution in [3.63, 3.8) is 0 Å². The highest BCUT2D eigenvalue weighted by Gasteiger charge is 2.26. The molecular formula is C19H31N4O2+. The van der Waals surface area contributed by atoms with Gasteiger partial charge in [-0.3, -0.25) is 9.59 Å². The Balaban J connectivity index is 1.76. The average Bonchev–Trinajstić information content (AvgIpc) is 2.54. The number of anilines is 1. The van der Waals surface area contributed by atoms with E-state index in [9.17, 15) is 9.59 Å². The fourth-order valence-electron chi connectivity index (χ4n) is 3.02. The van der Waals surface area contributed by atoms with Gasteiger partial charge in [0.15, 0.2) is 6.54 Å².